The first-order valence-corrected chi connectivity index (χ1v) is 4.36. The van der Waals surface area contributed by atoms with Crippen molar-refractivity contribution in [3.8, 4) is 0 Å². The van der Waals surface area contributed by atoms with Crippen molar-refractivity contribution >= 4 is 15.7 Å². The molecule has 0 saturated carbocycles. The highest BCUT2D eigenvalue weighted by Crippen LogP contribution is 2.24. The predicted molar refractivity (Wildman–Crippen MR) is 39.3 cm³/mol. The van der Waals surface area contributed by atoms with E-state index in [1.165, 1.54) is 0 Å². The first kappa shape index (κ1) is 7.48. The molecule has 1 unspecified atom stereocenters. The molecule has 0 aromatic rings. The molecule has 0 bridgehead atoms. The van der Waals surface area contributed by atoms with Gasteiger partial charge in [-0.15, -0.1) is 0 Å². The third-order valence-electron chi connectivity index (χ3n) is 1.31. The second-order valence-corrected chi connectivity index (χ2v) is 3.27. The largest absolute Gasteiger partial charge is 0.379 e. The van der Waals surface area contributed by atoms with Crippen molar-refractivity contribution in [1.29, 1.82) is 0 Å². The molecular formula is C4H10BN2OP. The normalized spacial score (nSPS) is 25.9. The van der Waals surface area contributed by atoms with Gasteiger partial charge in [-0.25, -0.2) is 0 Å². The monoisotopic (exact) mass is 144 g/mol. The average molecular weight is 144 g/mol. The fraction of sp³-hybridized carbons (Fsp3) is 1.00. The van der Waals surface area contributed by atoms with E-state index in [2.05, 4.69) is 4.67 Å². The molecule has 0 aromatic carbocycles. The van der Waals surface area contributed by atoms with Crippen LogP contribution in [0.5, 0.6) is 0 Å². The number of ether oxygens (including phenoxy) is 1. The predicted octanol–water partition coefficient (Wildman–Crippen LogP) is -0.327. The van der Waals surface area contributed by atoms with Crippen molar-refractivity contribution in [2.75, 3.05) is 26.3 Å². The molecule has 1 rings (SSSR count). The van der Waals surface area contributed by atoms with Gasteiger partial charge in [0.15, 0.2) is 7.57 Å². The highest BCUT2D eigenvalue weighted by atomic mass is 31.1. The quantitative estimate of drug-likeness (QED) is 0.404. The van der Waals surface area contributed by atoms with E-state index >= 15 is 0 Å². The first-order valence-electron chi connectivity index (χ1n) is 2.93. The van der Waals surface area contributed by atoms with Crippen molar-refractivity contribution < 1.29 is 4.74 Å². The Hall–Kier alpha value is 0.375. The van der Waals surface area contributed by atoms with Gasteiger partial charge in [0.25, 0.3) is 0 Å². The number of nitrogens with zero attached hydrogens (tertiary/aromatic N) is 1. The van der Waals surface area contributed by atoms with Crippen molar-refractivity contribution in [3.63, 3.8) is 0 Å². The van der Waals surface area contributed by atoms with Gasteiger partial charge in [0.1, 0.15) is 0 Å². The topological polar surface area (TPSA) is 38.5 Å². The first-order chi connectivity index (χ1) is 4.30. The lowest BCUT2D eigenvalue weighted by Gasteiger charge is -2.29. The van der Waals surface area contributed by atoms with E-state index in [0.717, 1.165) is 26.3 Å². The number of morpholine rings is 1. The zero-order chi connectivity index (χ0) is 6.69. The molecule has 1 aliphatic rings. The van der Waals surface area contributed by atoms with Crippen LogP contribution < -0.4 is 5.50 Å². The van der Waals surface area contributed by atoms with E-state index in [0.29, 0.717) is 0 Å². The molecule has 0 amide bonds. The van der Waals surface area contributed by atoms with Crippen LogP contribution >= 0.6 is 8.10 Å². The molecule has 9 heavy (non-hydrogen) atoms. The van der Waals surface area contributed by atoms with Gasteiger partial charge >= 0.3 is 0 Å². The van der Waals surface area contributed by atoms with Crippen LogP contribution in [0.3, 0.4) is 0 Å². The van der Waals surface area contributed by atoms with E-state index in [9.17, 15) is 0 Å². The minimum absolute atomic E-state index is 0.771. The Labute approximate surface area is 57.8 Å². The van der Waals surface area contributed by atoms with Gasteiger partial charge in [-0.1, -0.05) is 0 Å². The maximum absolute atomic E-state index is 5.48. The smallest absolute Gasteiger partial charge is 0.152 e. The van der Waals surface area contributed by atoms with E-state index < -0.39 is 8.10 Å². The standard InChI is InChI=1S/C4H10BN2OP/c5-9(6)7-1-3-8-4-2-7/h1-4,6H2. The van der Waals surface area contributed by atoms with Gasteiger partial charge in [-0.05, 0) is 8.10 Å². The summed E-state index contributed by atoms with van der Waals surface area (Å²) in [6, 6.07) is 0. The Balaban J connectivity index is 2.23. The van der Waals surface area contributed by atoms with Crippen LogP contribution in [0, 0.1) is 0 Å². The second-order valence-electron chi connectivity index (χ2n) is 1.95. The molecule has 1 atom stereocenters. The van der Waals surface area contributed by atoms with E-state index in [-0.39, 0.29) is 0 Å². The minimum atomic E-state index is -0.865. The van der Waals surface area contributed by atoms with Crippen molar-refractivity contribution in [2.24, 2.45) is 5.50 Å². The summed E-state index contributed by atoms with van der Waals surface area (Å²) in [5, 5.41) is 0. The Morgan fingerprint density at radius 1 is 1.44 bits per heavy atom. The van der Waals surface area contributed by atoms with Crippen LogP contribution in [0.25, 0.3) is 0 Å². The Kier molecular flexibility index (Phi) is 2.93. The van der Waals surface area contributed by atoms with E-state index in [1.54, 1.807) is 0 Å². The lowest BCUT2D eigenvalue weighted by atomic mass is 10.5. The third kappa shape index (κ3) is 2.22. The summed E-state index contributed by atoms with van der Waals surface area (Å²) >= 11 is 0. The van der Waals surface area contributed by atoms with E-state index in [4.69, 9.17) is 17.8 Å². The average Bonchev–Trinajstić information content (AvgIpc) is 1.90. The second kappa shape index (κ2) is 3.52. The van der Waals surface area contributed by atoms with Gasteiger partial charge in [-0.3, -0.25) is 4.67 Å². The fourth-order valence-electron chi connectivity index (χ4n) is 0.785. The summed E-state index contributed by atoms with van der Waals surface area (Å²) < 4.78 is 7.16. The molecule has 50 valence electrons. The summed E-state index contributed by atoms with van der Waals surface area (Å²) in [7, 11) is 4.61. The molecule has 1 aliphatic heterocycles. The molecule has 3 nitrogen and oxygen atoms in total. The number of hydrogen-bond donors (Lipinski definition) is 1. The molecule has 1 fully saturated rings. The summed E-state index contributed by atoms with van der Waals surface area (Å²) in [6.45, 7) is 3.32. The third-order valence-corrected chi connectivity index (χ3v) is 2.37. The van der Waals surface area contributed by atoms with Gasteiger partial charge < -0.3 is 10.2 Å². The van der Waals surface area contributed by atoms with Crippen LogP contribution in [0.2, 0.25) is 0 Å². The lowest BCUT2D eigenvalue weighted by molar-refractivity contribution is 0.0754. The lowest BCUT2D eigenvalue weighted by Crippen LogP contribution is -2.34. The summed E-state index contributed by atoms with van der Waals surface area (Å²) in [5.74, 6) is 0. The summed E-state index contributed by atoms with van der Waals surface area (Å²) in [6.07, 6.45) is 0. The minimum Gasteiger partial charge on any atom is -0.379 e. The van der Waals surface area contributed by atoms with Gasteiger partial charge in [0.05, 0.1) is 13.2 Å². The van der Waals surface area contributed by atoms with Crippen LogP contribution in [0.4, 0.5) is 0 Å². The Morgan fingerprint density at radius 3 is 2.33 bits per heavy atom. The maximum atomic E-state index is 5.48. The van der Waals surface area contributed by atoms with Crippen LogP contribution in [-0.4, -0.2) is 38.5 Å². The van der Waals surface area contributed by atoms with Crippen LogP contribution in [-0.2, 0) is 4.74 Å². The highest BCUT2D eigenvalue weighted by Gasteiger charge is 2.12. The van der Waals surface area contributed by atoms with Gasteiger partial charge in [0, 0.05) is 13.1 Å². The van der Waals surface area contributed by atoms with Crippen molar-refractivity contribution in [1.82, 2.24) is 4.67 Å². The highest BCUT2D eigenvalue weighted by molar-refractivity contribution is 7.78. The van der Waals surface area contributed by atoms with Crippen LogP contribution in [0.15, 0.2) is 0 Å². The van der Waals surface area contributed by atoms with E-state index in [1.807, 2.05) is 0 Å². The fourth-order valence-corrected chi connectivity index (χ4v) is 1.41. The summed E-state index contributed by atoms with van der Waals surface area (Å²) in [4.78, 5) is 0. The maximum Gasteiger partial charge on any atom is 0.152 e. The van der Waals surface area contributed by atoms with Crippen LogP contribution in [0.1, 0.15) is 0 Å². The van der Waals surface area contributed by atoms with Crippen molar-refractivity contribution in [2.45, 2.75) is 0 Å². The molecule has 0 spiro atoms. The zero-order valence-electron chi connectivity index (χ0n) is 5.29. The molecule has 5 heteroatoms. The molecule has 1 saturated heterocycles. The zero-order valence-corrected chi connectivity index (χ0v) is 6.18. The molecule has 2 radical (unpaired) electrons. The number of nitrogens with two attached hydrogens (primary N) is 1. The Bertz CT molecular complexity index is 86.6. The van der Waals surface area contributed by atoms with Gasteiger partial charge in [0.2, 0.25) is 0 Å². The van der Waals surface area contributed by atoms with Crippen molar-refractivity contribution in [3.05, 3.63) is 0 Å². The SMILES string of the molecule is [B]P(N)N1CCOCC1. The van der Waals surface area contributed by atoms with Gasteiger partial charge in [-0.2, -0.15) is 0 Å². The molecule has 1 heterocycles. The molecular weight excluding hydrogens is 134 g/mol. The summed E-state index contributed by atoms with van der Waals surface area (Å²) in [5.41, 5.74) is 5.48. The molecule has 0 aliphatic carbocycles. The number of rotatable bonds is 1. The number of hydrogen-bond acceptors (Lipinski definition) is 3. The molecule has 0 aromatic heterocycles. The molecule has 2 N–H and O–H groups in total. The Morgan fingerprint density at radius 2 is 2.00 bits per heavy atom.